The van der Waals surface area contributed by atoms with Gasteiger partial charge in [0.2, 0.25) is 0 Å². The van der Waals surface area contributed by atoms with E-state index in [9.17, 15) is 18.7 Å². The average molecular weight is 340 g/mol. The molecule has 24 heavy (non-hydrogen) atoms. The van der Waals surface area contributed by atoms with Gasteiger partial charge >= 0.3 is 0 Å². The normalized spacial score (nSPS) is 25.8. The number of ether oxygens (including phenoxy) is 1. The van der Waals surface area contributed by atoms with Crippen molar-refractivity contribution in [2.75, 3.05) is 32.9 Å². The van der Waals surface area contributed by atoms with E-state index in [1.807, 2.05) is 0 Å². The molecule has 0 spiro atoms. The molecule has 2 fully saturated rings. The van der Waals surface area contributed by atoms with Gasteiger partial charge in [-0.15, -0.1) is 0 Å². The number of rotatable bonds is 4. The van der Waals surface area contributed by atoms with Gasteiger partial charge in [-0.25, -0.2) is 8.78 Å². The maximum absolute atomic E-state index is 13.3. The molecule has 2 N–H and O–H groups in total. The summed E-state index contributed by atoms with van der Waals surface area (Å²) < 4.78 is 31.9. The molecule has 2 atom stereocenters. The summed E-state index contributed by atoms with van der Waals surface area (Å²) in [6.07, 6.45) is 1.88. The number of likely N-dealkylation sites (tertiary alicyclic amines) is 1. The Morgan fingerprint density at radius 1 is 1.21 bits per heavy atom. The van der Waals surface area contributed by atoms with Gasteiger partial charge in [-0.2, -0.15) is 0 Å². The van der Waals surface area contributed by atoms with Gasteiger partial charge in [0, 0.05) is 62.5 Å². The van der Waals surface area contributed by atoms with E-state index >= 15 is 0 Å². The number of carbonyl (C=O) groups is 1. The van der Waals surface area contributed by atoms with Crippen LogP contribution in [-0.4, -0.2) is 60.9 Å². The molecule has 1 aromatic carbocycles. The lowest BCUT2D eigenvalue weighted by atomic mass is 10.0. The zero-order valence-electron chi connectivity index (χ0n) is 13.4. The van der Waals surface area contributed by atoms with Crippen LogP contribution in [0, 0.1) is 17.6 Å². The summed E-state index contributed by atoms with van der Waals surface area (Å²) in [6, 6.07) is 2.91. The Kier molecular flexibility index (Phi) is 5.43. The first-order valence-corrected chi connectivity index (χ1v) is 8.26. The maximum Gasteiger partial charge on any atom is 0.251 e. The molecule has 0 bridgehead atoms. The number of nitrogens with zero attached hydrogens (tertiary/aromatic N) is 1. The van der Waals surface area contributed by atoms with E-state index in [0.717, 1.165) is 44.3 Å². The third-order valence-electron chi connectivity index (χ3n) is 4.85. The third kappa shape index (κ3) is 3.91. The van der Waals surface area contributed by atoms with E-state index in [0.29, 0.717) is 19.1 Å². The molecule has 2 heterocycles. The number of aliphatic hydroxyl groups excluding tert-OH is 1. The summed E-state index contributed by atoms with van der Waals surface area (Å²) in [6.45, 7) is 2.74. The molecule has 2 saturated heterocycles. The minimum atomic E-state index is -0.783. The van der Waals surface area contributed by atoms with Crippen LogP contribution >= 0.6 is 0 Å². The van der Waals surface area contributed by atoms with E-state index in [1.165, 1.54) is 0 Å². The zero-order chi connectivity index (χ0) is 17.1. The molecule has 7 heteroatoms. The number of carbonyl (C=O) groups excluding carboxylic acids is 1. The van der Waals surface area contributed by atoms with Gasteiger partial charge in [0.1, 0.15) is 11.6 Å². The fourth-order valence-corrected chi connectivity index (χ4v) is 3.54. The topological polar surface area (TPSA) is 61.8 Å². The fraction of sp³-hybridized carbons (Fsp3) is 0.588. The van der Waals surface area contributed by atoms with Gasteiger partial charge in [0.15, 0.2) is 0 Å². The number of hydrogen-bond acceptors (Lipinski definition) is 4. The van der Waals surface area contributed by atoms with Gasteiger partial charge in [0.05, 0.1) is 0 Å². The number of hydrogen-bond donors (Lipinski definition) is 2. The second-order valence-corrected chi connectivity index (χ2v) is 6.48. The number of nitrogens with one attached hydrogen (secondary N) is 1. The zero-order valence-corrected chi connectivity index (χ0v) is 13.4. The van der Waals surface area contributed by atoms with Crippen LogP contribution in [-0.2, 0) is 4.74 Å². The highest BCUT2D eigenvalue weighted by molar-refractivity contribution is 5.94. The molecule has 0 saturated carbocycles. The Balaban J connectivity index is 1.65. The van der Waals surface area contributed by atoms with Crippen LogP contribution in [0.4, 0.5) is 8.78 Å². The maximum atomic E-state index is 13.3. The molecule has 2 aliphatic heterocycles. The van der Waals surface area contributed by atoms with Crippen molar-refractivity contribution in [2.24, 2.45) is 5.92 Å². The highest BCUT2D eigenvalue weighted by Crippen LogP contribution is 2.24. The SMILES string of the molecule is O=C(N[C@@H]1CN(C2CCOCC2)C[C@H]1CO)c1cc(F)cc(F)c1. The first-order chi connectivity index (χ1) is 11.6. The van der Waals surface area contributed by atoms with Gasteiger partial charge in [0.25, 0.3) is 5.91 Å². The molecule has 0 aliphatic carbocycles. The first kappa shape index (κ1) is 17.3. The van der Waals surface area contributed by atoms with E-state index in [4.69, 9.17) is 4.74 Å². The summed E-state index contributed by atoms with van der Waals surface area (Å²) in [4.78, 5) is 14.5. The number of aliphatic hydroxyl groups is 1. The molecule has 132 valence electrons. The van der Waals surface area contributed by atoms with Gasteiger partial charge in [-0.3, -0.25) is 9.69 Å². The minimum Gasteiger partial charge on any atom is -0.396 e. The lowest BCUT2D eigenvalue weighted by Crippen LogP contribution is -2.43. The number of halogens is 2. The minimum absolute atomic E-state index is 0.0395. The lowest BCUT2D eigenvalue weighted by Gasteiger charge is -2.31. The van der Waals surface area contributed by atoms with Crippen molar-refractivity contribution in [2.45, 2.75) is 24.9 Å². The van der Waals surface area contributed by atoms with Crippen LogP contribution in [0.1, 0.15) is 23.2 Å². The summed E-state index contributed by atoms with van der Waals surface area (Å²) in [7, 11) is 0. The van der Waals surface area contributed by atoms with E-state index in [1.54, 1.807) is 0 Å². The van der Waals surface area contributed by atoms with Gasteiger partial charge in [-0.1, -0.05) is 0 Å². The number of benzene rings is 1. The number of amides is 1. The largest absolute Gasteiger partial charge is 0.396 e. The monoisotopic (exact) mass is 340 g/mol. The van der Waals surface area contributed by atoms with Crippen molar-refractivity contribution in [3.05, 3.63) is 35.4 Å². The summed E-state index contributed by atoms with van der Waals surface area (Å²) in [5.41, 5.74) is -0.0475. The fourth-order valence-electron chi connectivity index (χ4n) is 3.54. The van der Waals surface area contributed by atoms with Crippen molar-refractivity contribution >= 4 is 5.91 Å². The molecule has 1 aromatic rings. The smallest absolute Gasteiger partial charge is 0.251 e. The Bertz CT molecular complexity index is 573. The van der Waals surface area contributed by atoms with E-state index in [2.05, 4.69) is 10.2 Å². The second kappa shape index (κ2) is 7.55. The molecule has 0 aromatic heterocycles. The van der Waals surface area contributed by atoms with Crippen LogP contribution in [0.5, 0.6) is 0 Å². The Labute approximate surface area is 139 Å². The van der Waals surface area contributed by atoms with Crippen molar-refractivity contribution in [3.63, 3.8) is 0 Å². The third-order valence-corrected chi connectivity index (χ3v) is 4.85. The van der Waals surface area contributed by atoms with Crippen molar-refractivity contribution in [3.8, 4) is 0 Å². The molecule has 2 aliphatic rings. The molecule has 0 unspecified atom stereocenters. The highest BCUT2D eigenvalue weighted by Gasteiger charge is 2.37. The van der Waals surface area contributed by atoms with Crippen LogP contribution in [0.2, 0.25) is 0 Å². The predicted molar refractivity (Wildman–Crippen MR) is 83.6 cm³/mol. The quantitative estimate of drug-likeness (QED) is 0.864. The van der Waals surface area contributed by atoms with Gasteiger partial charge in [-0.05, 0) is 25.0 Å². The highest BCUT2D eigenvalue weighted by atomic mass is 19.1. The Morgan fingerprint density at radius 2 is 1.88 bits per heavy atom. The molecule has 5 nitrogen and oxygen atoms in total. The predicted octanol–water partition coefficient (Wildman–Crippen LogP) is 1.17. The van der Waals surface area contributed by atoms with E-state index in [-0.39, 0.29) is 24.1 Å². The summed E-state index contributed by atoms with van der Waals surface area (Å²) >= 11 is 0. The Morgan fingerprint density at radius 3 is 2.50 bits per heavy atom. The first-order valence-electron chi connectivity index (χ1n) is 8.26. The van der Waals surface area contributed by atoms with Crippen molar-refractivity contribution in [1.29, 1.82) is 0 Å². The second-order valence-electron chi connectivity index (χ2n) is 6.48. The molecular formula is C17H22F2N2O3. The van der Waals surface area contributed by atoms with Gasteiger partial charge < -0.3 is 15.2 Å². The summed E-state index contributed by atoms with van der Waals surface area (Å²) in [5, 5.41) is 12.4. The van der Waals surface area contributed by atoms with Crippen molar-refractivity contribution < 1.29 is 23.4 Å². The molecule has 1 amide bonds. The van der Waals surface area contributed by atoms with Crippen LogP contribution in [0.3, 0.4) is 0 Å². The van der Waals surface area contributed by atoms with Crippen molar-refractivity contribution in [1.82, 2.24) is 10.2 Å². The molecular weight excluding hydrogens is 318 g/mol. The van der Waals surface area contributed by atoms with Crippen LogP contribution in [0.15, 0.2) is 18.2 Å². The Hall–Kier alpha value is -1.57. The average Bonchev–Trinajstić information content (AvgIpc) is 2.97. The molecule has 0 radical (unpaired) electrons. The standard InChI is InChI=1S/C17H22F2N2O3/c18-13-5-11(6-14(19)7-13)17(23)20-16-9-21(8-12(16)10-22)15-1-3-24-4-2-15/h5-7,12,15-16,22H,1-4,8-10H2,(H,20,23)/t12-,16+/m0/s1. The lowest BCUT2D eigenvalue weighted by molar-refractivity contribution is 0.0399. The molecule has 3 rings (SSSR count). The van der Waals surface area contributed by atoms with Crippen LogP contribution in [0.25, 0.3) is 0 Å². The van der Waals surface area contributed by atoms with E-state index < -0.39 is 17.5 Å². The van der Waals surface area contributed by atoms with Crippen LogP contribution < -0.4 is 5.32 Å². The summed E-state index contributed by atoms with van der Waals surface area (Å²) in [5.74, 6) is -2.18.